The highest BCUT2D eigenvalue weighted by atomic mass is 32.2. The van der Waals surface area contributed by atoms with Crippen LogP contribution in [0.5, 0.6) is 0 Å². The number of hydrogen-bond acceptors (Lipinski definition) is 4. The van der Waals surface area contributed by atoms with Crippen LogP contribution >= 0.6 is 0 Å². The standard InChI is InChI=1S/C16H20N4O3S/c1-13(10-20-9-5-8-17-20)18-24(22,23)15-11-19(12-15)16(21)14-6-3-2-4-7-14/h2-9,13,15,18H,10-12H2,1H3. The van der Waals surface area contributed by atoms with Crippen molar-refractivity contribution >= 4 is 15.9 Å². The molecule has 1 aromatic carbocycles. The zero-order valence-corrected chi connectivity index (χ0v) is 14.2. The van der Waals surface area contributed by atoms with Crippen LogP contribution in [0.1, 0.15) is 17.3 Å². The van der Waals surface area contributed by atoms with Crippen LogP contribution in [0.2, 0.25) is 0 Å². The Labute approximate surface area is 141 Å². The van der Waals surface area contributed by atoms with Gasteiger partial charge in [0.05, 0.1) is 6.54 Å². The van der Waals surface area contributed by atoms with E-state index in [1.807, 2.05) is 6.07 Å². The van der Waals surface area contributed by atoms with Gasteiger partial charge in [0.1, 0.15) is 5.25 Å². The number of carbonyl (C=O) groups is 1. The van der Waals surface area contributed by atoms with Gasteiger partial charge >= 0.3 is 0 Å². The lowest BCUT2D eigenvalue weighted by Crippen LogP contribution is -2.60. The Kier molecular flexibility index (Phi) is 4.68. The second-order valence-corrected chi connectivity index (χ2v) is 7.98. The van der Waals surface area contributed by atoms with E-state index in [9.17, 15) is 13.2 Å². The molecule has 3 rings (SSSR count). The van der Waals surface area contributed by atoms with Crippen molar-refractivity contribution in [2.75, 3.05) is 13.1 Å². The molecule has 0 saturated carbocycles. The van der Waals surface area contributed by atoms with Gasteiger partial charge in [0.25, 0.3) is 5.91 Å². The van der Waals surface area contributed by atoms with Gasteiger partial charge in [0, 0.05) is 37.1 Å². The Morgan fingerprint density at radius 3 is 2.62 bits per heavy atom. The average Bonchev–Trinajstić information content (AvgIpc) is 2.98. The molecule has 0 spiro atoms. The summed E-state index contributed by atoms with van der Waals surface area (Å²) in [5, 5.41) is 3.50. The molecule has 128 valence electrons. The summed E-state index contributed by atoms with van der Waals surface area (Å²) in [5.41, 5.74) is 0.577. The van der Waals surface area contributed by atoms with Gasteiger partial charge in [-0.25, -0.2) is 13.1 Å². The Bertz CT molecular complexity index is 784. The van der Waals surface area contributed by atoms with Gasteiger partial charge in [0.15, 0.2) is 0 Å². The number of nitrogens with one attached hydrogen (secondary N) is 1. The number of likely N-dealkylation sites (tertiary alicyclic amines) is 1. The molecular weight excluding hydrogens is 328 g/mol. The van der Waals surface area contributed by atoms with E-state index in [0.717, 1.165) is 0 Å². The van der Waals surface area contributed by atoms with Crippen molar-refractivity contribution in [3.8, 4) is 0 Å². The number of amides is 1. The number of carbonyl (C=O) groups excluding carboxylic acids is 1. The second-order valence-electron chi connectivity index (χ2n) is 5.99. The molecule has 8 heteroatoms. The minimum absolute atomic E-state index is 0.133. The van der Waals surface area contributed by atoms with Crippen LogP contribution in [0.15, 0.2) is 48.8 Å². The Morgan fingerprint density at radius 2 is 2.00 bits per heavy atom. The average molecular weight is 348 g/mol. The molecule has 0 aliphatic carbocycles. The van der Waals surface area contributed by atoms with E-state index in [1.54, 1.807) is 59.2 Å². The van der Waals surface area contributed by atoms with Crippen molar-refractivity contribution in [2.45, 2.75) is 24.8 Å². The van der Waals surface area contributed by atoms with Crippen molar-refractivity contribution in [3.63, 3.8) is 0 Å². The summed E-state index contributed by atoms with van der Waals surface area (Å²) in [5.74, 6) is -0.133. The molecule has 24 heavy (non-hydrogen) atoms. The first-order chi connectivity index (χ1) is 11.5. The fraction of sp³-hybridized carbons (Fsp3) is 0.375. The molecule has 1 unspecified atom stereocenters. The molecule has 1 fully saturated rings. The van der Waals surface area contributed by atoms with E-state index in [1.165, 1.54) is 0 Å². The Balaban J connectivity index is 1.53. The summed E-state index contributed by atoms with van der Waals surface area (Å²) in [6.07, 6.45) is 3.44. The van der Waals surface area contributed by atoms with E-state index < -0.39 is 15.3 Å². The summed E-state index contributed by atoms with van der Waals surface area (Å²) in [4.78, 5) is 13.8. The summed E-state index contributed by atoms with van der Waals surface area (Å²) in [6.45, 7) is 2.70. The molecular formula is C16H20N4O3S. The zero-order chi connectivity index (χ0) is 17.2. The zero-order valence-electron chi connectivity index (χ0n) is 13.4. The molecule has 0 bridgehead atoms. The molecule has 1 N–H and O–H groups in total. The highest BCUT2D eigenvalue weighted by molar-refractivity contribution is 7.90. The summed E-state index contributed by atoms with van der Waals surface area (Å²) in [6, 6.07) is 10.4. The molecule has 1 amide bonds. The first-order valence-electron chi connectivity index (χ1n) is 7.78. The van der Waals surface area contributed by atoms with E-state index in [0.29, 0.717) is 12.1 Å². The minimum Gasteiger partial charge on any atom is -0.336 e. The number of sulfonamides is 1. The fourth-order valence-electron chi connectivity index (χ4n) is 2.67. The maximum atomic E-state index is 12.4. The van der Waals surface area contributed by atoms with Gasteiger partial charge in [0.2, 0.25) is 10.0 Å². The van der Waals surface area contributed by atoms with E-state index in [4.69, 9.17) is 0 Å². The Morgan fingerprint density at radius 1 is 1.29 bits per heavy atom. The van der Waals surface area contributed by atoms with E-state index >= 15 is 0 Å². The molecule has 2 aromatic rings. The normalized spacial score (nSPS) is 16.6. The minimum atomic E-state index is -3.46. The molecule has 1 atom stereocenters. The third-order valence-corrected chi connectivity index (χ3v) is 5.89. The van der Waals surface area contributed by atoms with Crippen LogP contribution in [-0.2, 0) is 16.6 Å². The number of aromatic nitrogens is 2. The lowest BCUT2D eigenvalue weighted by molar-refractivity contribution is 0.0658. The first kappa shape index (κ1) is 16.7. The van der Waals surface area contributed by atoms with Crippen LogP contribution in [0, 0.1) is 0 Å². The molecule has 7 nitrogen and oxygen atoms in total. The Hall–Kier alpha value is -2.19. The van der Waals surface area contributed by atoms with Crippen molar-refractivity contribution in [2.24, 2.45) is 0 Å². The van der Waals surface area contributed by atoms with E-state index in [2.05, 4.69) is 9.82 Å². The predicted octanol–water partition coefficient (Wildman–Crippen LogP) is 0.716. The van der Waals surface area contributed by atoms with E-state index in [-0.39, 0.29) is 25.0 Å². The molecule has 1 aromatic heterocycles. The third-order valence-electron chi connectivity index (χ3n) is 3.98. The third kappa shape index (κ3) is 3.65. The number of nitrogens with zero attached hydrogens (tertiary/aromatic N) is 3. The summed E-state index contributed by atoms with van der Waals surface area (Å²) in [7, 11) is -3.46. The van der Waals surface area contributed by atoms with Crippen LogP contribution in [0.4, 0.5) is 0 Å². The van der Waals surface area contributed by atoms with Crippen LogP contribution in [0.25, 0.3) is 0 Å². The highest BCUT2D eigenvalue weighted by Gasteiger charge is 2.40. The fourth-order valence-corrected chi connectivity index (χ4v) is 4.25. The first-order valence-corrected chi connectivity index (χ1v) is 9.33. The highest BCUT2D eigenvalue weighted by Crippen LogP contribution is 2.19. The van der Waals surface area contributed by atoms with Gasteiger partial charge in [-0.1, -0.05) is 18.2 Å². The number of rotatable bonds is 6. The van der Waals surface area contributed by atoms with Crippen LogP contribution in [-0.4, -0.2) is 53.4 Å². The molecule has 0 radical (unpaired) electrons. The molecule has 1 aliphatic heterocycles. The maximum absolute atomic E-state index is 12.4. The van der Waals surface area contributed by atoms with Gasteiger partial charge < -0.3 is 4.90 Å². The van der Waals surface area contributed by atoms with Gasteiger partial charge in [-0.05, 0) is 25.1 Å². The van der Waals surface area contributed by atoms with Crippen molar-refractivity contribution in [1.29, 1.82) is 0 Å². The number of hydrogen-bond donors (Lipinski definition) is 1. The van der Waals surface area contributed by atoms with Crippen molar-refractivity contribution in [3.05, 3.63) is 54.4 Å². The van der Waals surface area contributed by atoms with Crippen LogP contribution < -0.4 is 4.72 Å². The molecule has 1 aliphatic rings. The van der Waals surface area contributed by atoms with Gasteiger partial charge in [-0.2, -0.15) is 5.10 Å². The SMILES string of the molecule is CC(Cn1cccn1)NS(=O)(=O)C1CN(C(=O)c2ccccc2)C1. The molecule has 1 saturated heterocycles. The maximum Gasteiger partial charge on any atom is 0.253 e. The van der Waals surface area contributed by atoms with Crippen LogP contribution in [0.3, 0.4) is 0 Å². The van der Waals surface area contributed by atoms with Gasteiger partial charge in [-0.15, -0.1) is 0 Å². The predicted molar refractivity (Wildman–Crippen MR) is 89.9 cm³/mol. The lowest BCUT2D eigenvalue weighted by Gasteiger charge is -2.39. The van der Waals surface area contributed by atoms with Gasteiger partial charge in [-0.3, -0.25) is 9.48 Å². The smallest absolute Gasteiger partial charge is 0.253 e. The largest absolute Gasteiger partial charge is 0.336 e. The quantitative estimate of drug-likeness (QED) is 0.833. The number of benzene rings is 1. The summed E-state index contributed by atoms with van der Waals surface area (Å²) < 4.78 is 29.1. The second kappa shape index (κ2) is 6.74. The lowest BCUT2D eigenvalue weighted by atomic mass is 10.1. The topological polar surface area (TPSA) is 84.3 Å². The monoisotopic (exact) mass is 348 g/mol. The van der Waals surface area contributed by atoms with Crippen molar-refractivity contribution < 1.29 is 13.2 Å². The summed E-state index contributed by atoms with van der Waals surface area (Å²) >= 11 is 0. The van der Waals surface area contributed by atoms with Crippen molar-refractivity contribution in [1.82, 2.24) is 19.4 Å². The molecule has 2 heterocycles.